The van der Waals surface area contributed by atoms with E-state index >= 15 is 0 Å². The molecule has 1 N–H and O–H groups in total. The maximum absolute atomic E-state index is 3.64. The highest BCUT2D eigenvalue weighted by Gasteiger charge is 2.18. The van der Waals surface area contributed by atoms with Crippen molar-refractivity contribution < 1.29 is 0 Å². The molecule has 2 aromatic rings. The predicted molar refractivity (Wildman–Crippen MR) is 93.1 cm³/mol. The second-order valence-electron chi connectivity index (χ2n) is 5.39. The van der Waals surface area contributed by atoms with Crippen molar-refractivity contribution in [2.45, 2.75) is 32.2 Å². The van der Waals surface area contributed by atoms with Crippen molar-refractivity contribution in [2.24, 2.45) is 0 Å². The van der Waals surface area contributed by atoms with Gasteiger partial charge < -0.3 is 5.32 Å². The lowest BCUT2D eigenvalue weighted by Crippen LogP contribution is -2.23. The maximum atomic E-state index is 3.64. The maximum Gasteiger partial charge on any atom is 0.0587 e. The summed E-state index contributed by atoms with van der Waals surface area (Å²) in [4.78, 5) is 0. The van der Waals surface area contributed by atoms with Gasteiger partial charge in [-0.2, -0.15) is 0 Å². The van der Waals surface area contributed by atoms with Gasteiger partial charge in [-0.05, 0) is 76.7 Å². The molecule has 1 aliphatic rings. The van der Waals surface area contributed by atoms with Crippen LogP contribution < -0.4 is 5.32 Å². The van der Waals surface area contributed by atoms with Crippen LogP contribution in [0.1, 0.15) is 41.6 Å². The van der Waals surface area contributed by atoms with Crippen LogP contribution in [0.25, 0.3) is 0 Å². The molecule has 2 aromatic carbocycles. The van der Waals surface area contributed by atoms with E-state index in [1.54, 1.807) is 11.1 Å². The molecule has 0 saturated carbocycles. The van der Waals surface area contributed by atoms with Gasteiger partial charge in [0.05, 0.1) is 6.04 Å². The Hall–Kier alpha value is -0.870. The topological polar surface area (TPSA) is 12.0 Å². The lowest BCUT2D eigenvalue weighted by atomic mass is 9.95. The van der Waals surface area contributed by atoms with Crippen LogP contribution in [0, 0.1) is 3.57 Å². The Morgan fingerprint density at radius 1 is 1.10 bits per heavy atom. The molecule has 0 aliphatic heterocycles. The van der Waals surface area contributed by atoms with Crippen LogP contribution in [0.3, 0.4) is 0 Å². The van der Waals surface area contributed by atoms with Crippen LogP contribution in [-0.2, 0) is 12.8 Å². The monoisotopic (exact) mass is 377 g/mol. The molecule has 0 heterocycles. The molecule has 1 atom stereocenters. The lowest BCUT2D eigenvalue weighted by Gasteiger charge is -2.21. The number of nitrogens with one attached hydrogen (secondary N) is 1. The molecule has 1 nitrogen and oxygen atoms in total. The molecule has 0 fully saturated rings. The van der Waals surface area contributed by atoms with E-state index in [1.807, 2.05) is 0 Å². The second-order valence-corrected chi connectivity index (χ2v) is 6.56. The van der Waals surface area contributed by atoms with Crippen LogP contribution in [0.5, 0.6) is 0 Å². The van der Waals surface area contributed by atoms with Gasteiger partial charge in [0.2, 0.25) is 0 Å². The highest BCUT2D eigenvalue weighted by atomic mass is 127. The van der Waals surface area contributed by atoms with Gasteiger partial charge in [-0.15, -0.1) is 0 Å². The Kier molecular flexibility index (Phi) is 4.41. The number of halogens is 1. The summed E-state index contributed by atoms with van der Waals surface area (Å²) in [6.07, 6.45) is 3.81. The molecular weight excluding hydrogens is 357 g/mol. The van der Waals surface area contributed by atoms with E-state index in [4.69, 9.17) is 0 Å². The van der Waals surface area contributed by atoms with E-state index in [1.165, 1.54) is 34.0 Å². The van der Waals surface area contributed by atoms with Crippen molar-refractivity contribution in [1.29, 1.82) is 0 Å². The first kappa shape index (κ1) is 14.1. The Balaban J connectivity index is 2.01. The van der Waals surface area contributed by atoms with E-state index in [0.29, 0.717) is 6.04 Å². The Morgan fingerprint density at radius 2 is 1.90 bits per heavy atom. The summed E-state index contributed by atoms with van der Waals surface area (Å²) in [6.45, 7) is 3.16. The van der Waals surface area contributed by atoms with Crippen LogP contribution in [-0.4, -0.2) is 6.54 Å². The van der Waals surface area contributed by atoms with Gasteiger partial charge >= 0.3 is 0 Å². The van der Waals surface area contributed by atoms with Gasteiger partial charge in [0.15, 0.2) is 0 Å². The normalized spacial score (nSPS) is 15.1. The van der Waals surface area contributed by atoms with Crippen molar-refractivity contribution >= 4 is 22.6 Å². The summed E-state index contributed by atoms with van der Waals surface area (Å²) in [5.74, 6) is 0. The standard InChI is InChI=1S/C18H20IN/c1-2-20-18(16-8-3-4-9-17(16)19)15-11-10-13-6-5-7-14(13)12-15/h3-4,8-12,18,20H,2,5-7H2,1H3. The fourth-order valence-corrected chi connectivity index (χ4v) is 3.79. The minimum Gasteiger partial charge on any atom is -0.306 e. The zero-order valence-electron chi connectivity index (χ0n) is 11.8. The van der Waals surface area contributed by atoms with Gasteiger partial charge in [0.1, 0.15) is 0 Å². The molecule has 2 heteroatoms. The fraction of sp³-hybridized carbons (Fsp3) is 0.333. The Bertz CT molecular complexity index is 606. The average molecular weight is 377 g/mol. The summed E-state index contributed by atoms with van der Waals surface area (Å²) >= 11 is 2.44. The van der Waals surface area contributed by atoms with Crippen molar-refractivity contribution in [3.63, 3.8) is 0 Å². The molecule has 104 valence electrons. The molecular formula is C18H20IN. The fourth-order valence-electron chi connectivity index (χ4n) is 3.09. The van der Waals surface area contributed by atoms with Crippen LogP contribution >= 0.6 is 22.6 Å². The number of hydrogen-bond acceptors (Lipinski definition) is 1. The largest absolute Gasteiger partial charge is 0.306 e. The van der Waals surface area contributed by atoms with Crippen LogP contribution in [0.4, 0.5) is 0 Å². The first-order valence-corrected chi connectivity index (χ1v) is 8.47. The minimum absolute atomic E-state index is 0.305. The van der Waals surface area contributed by atoms with Crippen molar-refractivity contribution in [2.75, 3.05) is 6.54 Å². The SMILES string of the molecule is CCNC(c1ccc2c(c1)CCC2)c1ccccc1I. The highest BCUT2D eigenvalue weighted by Crippen LogP contribution is 2.30. The second kappa shape index (κ2) is 6.27. The summed E-state index contributed by atoms with van der Waals surface area (Å²) < 4.78 is 1.33. The zero-order valence-corrected chi connectivity index (χ0v) is 14.0. The number of hydrogen-bond donors (Lipinski definition) is 1. The summed E-state index contributed by atoms with van der Waals surface area (Å²) in [6, 6.07) is 16.0. The van der Waals surface area contributed by atoms with E-state index in [0.717, 1.165) is 6.54 Å². The molecule has 3 rings (SSSR count). The molecule has 0 radical (unpaired) electrons. The van der Waals surface area contributed by atoms with Crippen LogP contribution in [0.2, 0.25) is 0 Å². The number of fused-ring (bicyclic) bond motifs is 1. The van der Waals surface area contributed by atoms with Gasteiger partial charge in [-0.25, -0.2) is 0 Å². The quantitative estimate of drug-likeness (QED) is 0.775. The summed E-state index contributed by atoms with van der Waals surface area (Å²) in [5, 5.41) is 3.64. The number of aryl methyl sites for hydroxylation is 2. The Morgan fingerprint density at radius 3 is 2.70 bits per heavy atom. The summed E-state index contributed by atoms with van der Waals surface area (Å²) in [7, 11) is 0. The van der Waals surface area contributed by atoms with Crippen molar-refractivity contribution in [3.8, 4) is 0 Å². The first-order chi connectivity index (χ1) is 9.79. The molecule has 20 heavy (non-hydrogen) atoms. The average Bonchev–Trinajstić information content (AvgIpc) is 2.93. The highest BCUT2D eigenvalue weighted by molar-refractivity contribution is 14.1. The molecule has 0 saturated heterocycles. The molecule has 0 spiro atoms. The van der Waals surface area contributed by atoms with Crippen LogP contribution in [0.15, 0.2) is 42.5 Å². The van der Waals surface area contributed by atoms with E-state index in [2.05, 4.69) is 77.3 Å². The van der Waals surface area contributed by atoms with Crippen molar-refractivity contribution in [1.82, 2.24) is 5.32 Å². The minimum atomic E-state index is 0.305. The third-order valence-electron chi connectivity index (χ3n) is 4.08. The van der Waals surface area contributed by atoms with Gasteiger partial charge in [-0.3, -0.25) is 0 Å². The van der Waals surface area contributed by atoms with Crippen molar-refractivity contribution in [3.05, 3.63) is 68.3 Å². The Labute approximate surface area is 134 Å². The first-order valence-electron chi connectivity index (χ1n) is 7.39. The number of benzene rings is 2. The summed E-state index contributed by atoms with van der Waals surface area (Å²) in [5.41, 5.74) is 5.88. The third kappa shape index (κ3) is 2.77. The molecule has 0 aromatic heterocycles. The third-order valence-corrected chi connectivity index (χ3v) is 5.06. The van der Waals surface area contributed by atoms with E-state index < -0.39 is 0 Å². The van der Waals surface area contributed by atoms with E-state index in [9.17, 15) is 0 Å². The smallest absolute Gasteiger partial charge is 0.0587 e. The molecule has 0 amide bonds. The number of rotatable bonds is 4. The lowest BCUT2D eigenvalue weighted by molar-refractivity contribution is 0.628. The van der Waals surface area contributed by atoms with Gasteiger partial charge in [-0.1, -0.05) is 43.3 Å². The molecule has 1 unspecified atom stereocenters. The molecule has 0 bridgehead atoms. The predicted octanol–water partition coefficient (Wildman–Crippen LogP) is 4.48. The molecule has 1 aliphatic carbocycles. The van der Waals surface area contributed by atoms with Gasteiger partial charge in [0.25, 0.3) is 0 Å². The zero-order chi connectivity index (χ0) is 13.9. The van der Waals surface area contributed by atoms with E-state index in [-0.39, 0.29) is 0 Å². The van der Waals surface area contributed by atoms with Gasteiger partial charge in [0, 0.05) is 3.57 Å².